The van der Waals surface area contributed by atoms with Crippen LogP contribution in [0.25, 0.3) is 10.2 Å². The lowest BCUT2D eigenvalue weighted by Gasteiger charge is -2.31. The fourth-order valence-electron chi connectivity index (χ4n) is 4.43. The van der Waals surface area contributed by atoms with Crippen LogP contribution in [0.4, 0.5) is 4.79 Å². The van der Waals surface area contributed by atoms with Crippen molar-refractivity contribution >= 4 is 33.5 Å². The minimum atomic E-state index is -0.761. The molecule has 4 rings (SSSR count). The number of thiazole rings is 1. The van der Waals surface area contributed by atoms with Crippen molar-refractivity contribution in [2.75, 3.05) is 19.8 Å². The molecule has 2 saturated heterocycles. The maximum Gasteiger partial charge on any atom is 0.329 e. The number of likely N-dealkylation sites (tertiary alicyclic amines) is 1. The number of amides is 3. The highest BCUT2D eigenvalue weighted by atomic mass is 32.1. The molecule has 156 valence electrons. The number of fused-ring (bicyclic) bond motifs is 1. The lowest BCUT2D eigenvalue weighted by molar-refractivity contribution is -0.913. The van der Waals surface area contributed by atoms with Gasteiger partial charge in [0, 0.05) is 0 Å². The Morgan fingerprint density at radius 3 is 2.90 bits per heavy atom. The van der Waals surface area contributed by atoms with Crippen molar-refractivity contribution in [3.8, 4) is 0 Å². The van der Waals surface area contributed by atoms with E-state index in [-0.39, 0.29) is 11.9 Å². The van der Waals surface area contributed by atoms with E-state index >= 15 is 0 Å². The molecule has 2 aliphatic heterocycles. The average Bonchev–Trinajstić information content (AvgIpc) is 3.22. The van der Waals surface area contributed by atoms with Crippen LogP contribution in [-0.2, 0) is 4.79 Å². The van der Waals surface area contributed by atoms with Gasteiger partial charge in [0.05, 0.1) is 29.2 Å². The van der Waals surface area contributed by atoms with Crippen LogP contribution in [0.1, 0.15) is 57.4 Å². The summed E-state index contributed by atoms with van der Waals surface area (Å²) in [6.45, 7) is 8.50. The van der Waals surface area contributed by atoms with Gasteiger partial charge in [0.2, 0.25) is 0 Å². The fraction of sp³-hybridized carbons (Fsp3) is 0.591. The molecule has 0 aliphatic carbocycles. The van der Waals surface area contributed by atoms with Crippen LogP contribution < -0.4 is 10.2 Å². The zero-order valence-electron chi connectivity index (χ0n) is 17.5. The number of quaternary nitrogens is 1. The molecule has 0 radical (unpaired) electrons. The third-order valence-corrected chi connectivity index (χ3v) is 7.43. The third-order valence-electron chi connectivity index (χ3n) is 6.23. The molecule has 1 aromatic heterocycles. The summed E-state index contributed by atoms with van der Waals surface area (Å²) in [7, 11) is 0. The first-order valence-electron chi connectivity index (χ1n) is 10.7. The maximum atomic E-state index is 13.0. The molecular weight excluding hydrogens is 384 g/mol. The van der Waals surface area contributed by atoms with Crippen LogP contribution in [0.3, 0.4) is 0 Å². The molecule has 0 saturated carbocycles. The predicted molar refractivity (Wildman–Crippen MR) is 115 cm³/mol. The summed E-state index contributed by atoms with van der Waals surface area (Å²) in [4.78, 5) is 33.1. The van der Waals surface area contributed by atoms with Crippen molar-refractivity contribution in [1.29, 1.82) is 0 Å². The standard InChI is InChI=1S/C22H30N4O2S/c1-15(2)10-11-22(3)20(27)26(21(28)24-22)14-25-12-6-7-16(13-25)19-23-17-8-4-5-9-18(17)29-19/h4-5,8-9,15-16H,6-7,10-14H2,1-3H3,(H,24,28)/p+1/t16-,22+/m0/s1. The zero-order chi connectivity index (χ0) is 20.6. The first-order valence-corrected chi connectivity index (χ1v) is 11.5. The number of hydrogen-bond donors (Lipinski definition) is 2. The Morgan fingerprint density at radius 2 is 2.14 bits per heavy atom. The molecule has 0 bridgehead atoms. The van der Waals surface area contributed by atoms with Crippen molar-refractivity contribution in [3.05, 3.63) is 29.3 Å². The second-order valence-corrected chi connectivity index (χ2v) is 10.2. The van der Waals surface area contributed by atoms with Gasteiger partial charge in [-0.25, -0.2) is 14.7 Å². The minimum Gasteiger partial charge on any atom is -0.323 e. The van der Waals surface area contributed by atoms with Crippen LogP contribution in [0, 0.1) is 5.92 Å². The van der Waals surface area contributed by atoms with E-state index < -0.39 is 5.54 Å². The van der Waals surface area contributed by atoms with E-state index in [1.165, 1.54) is 19.5 Å². The minimum absolute atomic E-state index is 0.0715. The number of nitrogens with zero attached hydrogens (tertiary/aromatic N) is 2. The zero-order valence-corrected chi connectivity index (χ0v) is 18.3. The topological polar surface area (TPSA) is 66.7 Å². The van der Waals surface area contributed by atoms with Gasteiger partial charge in [0.15, 0.2) is 6.67 Å². The van der Waals surface area contributed by atoms with Crippen LogP contribution >= 0.6 is 11.3 Å². The van der Waals surface area contributed by atoms with Crippen molar-refractivity contribution in [2.24, 2.45) is 5.92 Å². The van der Waals surface area contributed by atoms with Gasteiger partial charge in [-0.1, -0.05) is 26.0 Å². The molecular formula is C22H31N4O2S+. The van der Waals surface area contributed by atoms with Gasteiger partial charge in [0.25, 0.3) is 5.91 Å². The van der Waals surface area contributed by atoms with Gasteiger partial charge in [0.1, 0.15) is 10.5 Å². The van der Waals surface area contributed by atoms with Gasteiger partial charge in [-0.15, -0.1) is 11.3 Å². The summed E-state index contributed by atoms with van der Waals surface area (Å²) in [6, 6.07) is 8.02. The smallest absolute Gasteiger partial charge is 0.323 e. The lowest BCUT2D eigenvalue weighted by atomic mass is 9.92. The molecule has 3 amide bonds. The molecule has 1 unspecified atom stereocenters. The Kier molecular flexibility index (Phi) is 5.62. The Balaban J connectivity index is 1.42. The van der Waals surface area contributed by atoms with Gasteiger partial charge in [-0.2, -0.15) is 0 Å². The quantitative estimate of drug-likeness (QED) is 0.713. The van der Waals surface area contributed by atoms with Gasteiger partial charge in [-0.3, -0.25) is 4.79 Å². The number of hydrogen-bond acceptors (Lipinski definition) is 4. The number of para-hydroxylation sites is 1. The number of carbonyl (C=O) groups is 2. The number of rotatable bonds is 6. The summed E-state index contributed by atoms with van der Waals surface area (Å²) in [6.07, 6.45) is 3.82. The van der Waals surface area contributed by atoms with E-state index in [4.69, 9.17) is 4.98 Å². The van der Waals surface area contributed by atoms with Crippen molar-refractivity contribution < 1.29 is 14.5 Å². The number of imide groups is 1. The van der Waals surface area contributed by atoms with E-state index in [1.54, 1.807) is 11.3 Å². The highest BCUT2D eigenvalue weighted by molar-refractivity contribution is 7.18. The van der Waals surface area contributed by atoms with E-state index in [1.807, 2.05) is 13.0 Å². The molecule has 7 heteroatoms. The summed E-state index contributed by atoms with van der Waals surface area (Å²) in [5.74, 6) is 0.829. The SMILES string of the molecule is CC(C)CC[C@@]1(C)NC(=O)N(C[NH+]2CCC[C@H](c3nc4ccccc4s3)C2)C1=O. The monoisotopic (exact) mass is 415 g/mol. The normalized spacial score (nSPS) is 27.8. The molecule has 3 heterocycles. The van der Waals surface area contributed by atoms with Crippen molar-refractivity contribution in [2.45, 2.75) is 57.9 Å². The number of piperidine rings is 1. The summed E-state index contributed by atoms with van der Waals surface area (Å²) >= 11 is 1.77. The Labute approximate surface area is 176 Å². The molecule has 0 spiro atoms. The second-order valence-electron chi connectivity index (χ2n) is 9.15. The van der Waals surface area contributed by atoms with Gasteiger partial charge < -0.3 is 10.2 Å². The number of benzene rings is 1. The highest BCUT2D eigenvalue weighted by Gasteiger charge is 2.49. The first kappa shape index (κ1) is 20.3. The molecule has 6 nitrogen and oxygen atoms in total. The third kappa shape index (κ3) is 4.16. The summed E-state index contributed by atoms with van der Waals surface area (Å²) in [5.41, 5.74) is 0.304. The molecule has 2 fully saturated rings. The number of carbonyl (C=O) groups excluding carboxylic acids is 2. The van der Waals surface area contributed by atoms with Crippen molar-refractivity contribution in [3.63, 3.8) is 0 Å². The van der Waals surface area contributed by atoms with E-state index in [9.17, 15) is 9.59 Å². The van der Waals surface area contributed by atoms with Crippen LogP contribution in [0.5, 0.6) is 0 Å². The van der Waals surface area contributed by atoms with E-state index in [0.717, 1.165) is 37.9 Å². The molecule has 1 aromatic carbocycles. The maximum absolute atomic E-state index is 13.0. The second kappa shape index (κ2) is 8.03. The number of nitrogens with one attached hydrogen (secondary N) is 2. The molecule has 3 atom stereocenters. The van der Waals surface area contributed by atoms with Crippen LogP contribution in [0.2, 0.25) is 0 Å². The molecule has 2 N–H and O–H groups in total. The Hall–Kier alpha value is -1.99. The van der Waals surface area contributed by atoms with Crippen LogP contribution in [0.15, 0.2) is 24.3 Å². The lowest BCUT2D eigenvalue weighted by Crippen LogP contribution is -3.15. The number of aromatic nitrogens is 1. The summed E-state index contributed by atoms with van der Waals surface area (Å²) in [5, 5.41) is 4.13. The van der Waals surface area contributed by atoms with Gasteiger partial charge in [-0.05, 0) is 50.7 Å². The highest BCUT2D eigenvalue weighted by Crippen LogP contribution is 2.30. The average molecular weight is 416 g/mol. The van der Waals surface area contributed by atoms with Crippen LogP contribution in [-0.4, -0.2) is 47.1 Å². The fourth-order valence-corrected chi connectivity index (χ4v) is 5.53. The molecule has 2 aliphatic rings. The van der Waals surface area contributed by atoms with E-state index in [0.29, 0.717) is 24.9 Å². The molecule has 29 heavy (non-hydrogen) atoms. The first-order chi connectivity index (χ1) is 13.9. The Bertz CT molecular complexity index is 878. The van der Waals surface area contributed by atoms with Crippen molar-refractivity contribution in [1.82, 2.24) is 15.2 Å². The molecule has 2 aromatic rings. The van der Waals surface area contributed by atoms with Gasteiger partial charge >= 0.3 is 6.03 Å². The predicted octanol–water partition coefficient (Wildman–Crippen LogP) is 2.76. The largest absolute Gasteiger partial charge is 0.329 e. The van der Waals surface area contributed by atoms with E-state index in [2.05, 4.69) is 37.4 Å². The number of urea groups is 1. The summed E-state index contributed by atoms with van der Waals surface area (Å²) < 4.78 is 1.23. The Morgan fingerprint density at radius 1 is 1.34 bits per heavy atom.